The molecule has 0 saturated heterocycles. The van der Waals surface area contributed by atoms with Gasteiger partial charge in [-0.15, -0.1) is 0 Å². The van der Waals surface area contributed by atoms with Gasteiger partial charge in [-0.05, 0) is 26.3 Å². The van der Waals surface area contributed by atoms with Crippen molar-refractivity contribution in [1.29, 1.82) is 0 Å². The fraction of sp³-hybridized carbons (Fsp3) is 0.294. The first-order valence-corrected chi connectivity index (χ1v) is 6.61. The lowest BCUT2D eigenvalue weighted by atomic mass is 10.0. The van der Waals surface area contributed by atoms with Crippen molar-refractivity contribution < 1.29 is 19.1 Å². The van der Waals surface area contributed by atoms with Crippen LogP contribution < -0.4 is 0 Å². The first kappa shape index (κ1) is 16.7. The van der Waals surface area contributed by atoms with Crippen molar-refractivity contribution in [3.8, 4) is 0 Å². The van der Waals surface area contributed by atoms with Gasteiger partial charge in [0, 0.05) is 11.1 Å². The second-order valence-corrected chi connectivity index (χ2v) is 4.91. The highest BCUT2D eigenvalue weighted by Crippen LogP contribution is 2.25. The monoisotopic (exact) mass is 288 g/mol. The number of esters is 2. The maximum Gasteiger partial charge on any atom is 0.333 e. The quantitative estimate of drug-likeness (QED) is 0.595. The summed E-state index contributed by atoms with van der Waals surface area (Å²) in [7, 11) is 0. The Morgan fingerprint density at radius 1 is 0.952 bits per heavy atom. The van der Waals surface area contributed by atoms with E-state index >= 15 is 0 Å². The van der Waals surface area contributed by atoms with Crippen molar-refractivity contribution >= 4 is 11.9 Å². The van der Waals surface area contributed by atoms with Crippen molar-refractivity contribution in [1.82, 2.24) is 0 Å². The van der Waals surface area contributed by atoms with Gasteiger partial charge >= 0.3 is 11.9 Å². The zero-order valence-corrected chi connectivity index (χ0v) is 12.6. The molecule has 1 aromatic rings. The summed E-state index contributed by atoms with van der Waals surface area (Å²) in [5.41, 5.74) is 1.32. The number of ether oxygens (including phenoxy) is 2. The van der Waals surface area contributed by atoms with Gasteiger partial charge in [0.2, 0.25) is 0 Å². The van der Waals surface area contributed by atoms with Crippen LogP contribution in [0.5, 0.6) is 0 Å². The van der Waals surface area contributed by atoms with Crippen LogP contribution in [-0.2, 0) is 19.1 Å². The molecule has 4 heteroatoms. The van der Waals surface area contributed by atoms with Gasteiger partial charge in [0.25, 0.3) is 0 Å². The van der Waals surface area contributed by atoms with Gasteiger partial charge in [0.05, 0.1) is 0 Å². The number of hydrogen-bond donors (Lipinski definition) is 0. The SMILES string of the molecule is C=C(C)C(=O)OC(C)C(OC(=O)C(=C)C)c1ccccc1. The van der Waals surface area contributed by atoms with E-state index in [1.807, 2.05) is 30.3 Å². The molecule has 0 amide bonds. The maximum atomic E-state index is 11.8. The zero-order chi connectivity index (χ0) is 16.0. The van der Waals surface area contributed by atoms with Gasteiger partial charge in [-0.3, -0.25) is 0 Å². The highest BCUT2D eigenvalue weighted by Gasteiger charge is 2.27. The molecule has 1 aromatic carbocycles. The van der Waals surface area contributed by atoms with Crippen molar-refractivity contribution in [3.63, 3.8) is 0 Å². The number of benzene rings is 1. The highest BCUT2D eigenvalue weighted by atomic mass is 16.6. The van der Waals surface area contributed by atoms with Crippen molar-refractivity contribution in [3.05, 3.63) is 60.2 Å². The molecule has 0 aromatic heterocycles. The van der Waals surface area contributed by atoms with E-state index in [9.17, 15) is 9.59 Å². The first-order chi connectivity index (χ1) is 9.82. The largest absolute Gasteiger partial charge is 0.455 e. The van der Waals surface area contributed by atoms with Crippen LogP contribution in [0.2, 0.25) is 0 Å². The Bertz CT molecular complexity index is 545. The third-order valence-electron chi connectivity index (χ3n) is 2.78. The van der Waals surface area contributed by atoms with Crippen molar-refractivity contribution in [2.45, 2.75) is 33.0 Å². The fourth-order valence-corrected chi connectivity index (χ4v) is 1.62. The Kier molecular flexibility index (Phi) is 5.91. The minimum Gasteiger partial charge on any atom is -0.455 e. The van der Waals surface area contributed by atoms with Crippen LogP contribution in [0, 0.1) is 0 Å². The summed E-state index contributed by atoms with van der Waals surface area (Å²) in [4.78, 5) is 23.4. The van der Waals surface area contributed by atoms with Crippen LogP contribution in [0.1, 0.15) is 32.4 Å². The molecule has 0 radical (unpaired) electrons. The molecule has 0 N–H and O–H groups in total. The number of carbonyl (C=O) groups is 2. The summed E-state index contributed by atoms with van der Waals surface area (Å²) in [6, 6.07) is 9.11. The summed E-state index contributed by atoms with van der Waals surface area (Å²) in [5.74, 6) is -1.04. The Morgan fingerprint density at radius 2 is 1.43 bits per heavy atom. The minimum absolute atomic E-state index is 0.286. The van der Waals surface area contributed by atoms with E-state index < -0.39 is 24.1 Å². The molecule has 2 unspecified atom stereocenters. The van der Waals surface area contributed by atoms with Gasteiger partial charge in [-0.2, -0.15) is 0 Å². The molecule has 0 saturated carbocycles. The van der Waals surface area contributed by atoms with Crippen LogP contribution in [0.4, 0.5) is 0 Å². The topological polar surface area (TPSA) is 52.6 Å². The predicted molar refractivity (Wildman–Crippen MR) is 80.5 cm³/mol. The summed E-state index contributed by atoms with van der Waals surface area (Å²) in [5, 5.41) is 0. The second kappa shape index (κ2) is 7.43. The van der Waals surface area contributed by atoms with Gasteiger partial charge in [0.1, 0.15) is 6.10 Å². The molecule has 0 spiro atoms. The van der Waals surface area contributed by atoms with E-state index in [2.05, 4.69) is 13.2 Å². The molecule has 0 heterocycles. The van der Waals surface area contributed by atoms with E-state index in [1.54, 1.807) is 20.8 Å². The molecule has 112 valence electrons. The third kappa shape index (κ3) is 4.91. The van der Waals surface area contributed by atoms with Crippen LogP contribution >= 0.6 is 0 Å². The molecule has 0 bridgehead atoms. The van der Waals surface area contributed by atoms with Gasteiger partial charge in [0.15, 0.2) is 6.10 Å². The number of hydrogen-bond acceptors (Lipinski definition) is 4. The Balaban J connectivity index is 2.96. The summed E-state index contributed by atoms with van der Waals surface area (Å²) in [6.45, 7) is 11.9. The second-order valence-electron chi connectivity index (χ2n) is 4.91. The molecular formula is C17H20O4. The maximum absolute atomic E-state index is 11.8. The average molecular weight is 288 g/mol. The van der Waals surface area contributed by atoms with E-state index in [1.165, 1.54) is 0 Å². The van der Waals surface area contributed by atoms with Crippen LogP contribution in [0.15, 0.2) is 54.6 Å². The Hall–Kier alpha value is -2.36. The minimum atomic E-state index is -0.696. The molecule has 0 fully saturated rings. The molecule has 21 heavy (non-hydrogen) atoms. The molecule has 0 aliphatic rings. The standard InChI is InChI=1S/C17H20O4/c1-11(2)16(18)20-13(5)15(21-17(19)12(3)4)14-9-7-6-8-10-14/h6-10,13,15H,1,3H2,2,4-5H3. The van der Waals surface area contributed by atoms with Crippen molar-refractivity contribution in [2.24, 2.45) is 0 Å². The number of rotatable bonds is 6. The lowest BCUT2D eigenvalue weighted by Crippen LogP contribution is -2.27. The third-order valence-corrected chi connectivity index (χ3v) is 2.78. The lowest BCUT2D eigenvalue weighted by molar-refractivity contribution is -0.162. The van der Waals surface area contributed by atoms with Gasteiger partial charge in [-0.25, -0.2) is 9.59 Å². The normalized spacial score (nSPS) is 12.9. The summed E-state index contributed by atoms with van der Waals surface area (Å²) in [6.07, 6.45) is -1.33. The fourth-order valence-electron chi connectivity index (χ4n) is 1.62. The first-order valence-electron chi connectivity index (χ1n) is 6.61. The number of carbonyl (C=O) groups excluding carboxylic acids is 2. The highest BCUT2D eigenvalue weighted by molar-refractivity contribution is 5.88. The molecular weight excluding hydrogens is 268 g/mol. The summed E-state index contributed by atoms with van der Waals surface area (Å²) < 4.78 is 10.7. The van der Waals surface area contributed by atoms with E-state index in [4.69, 9.17) is 9.47 Å². The summed E-state index contributed by atoms with van der Waals surface area (Å²) >= 11 is 0. The Labute approximate surface area is 125 Å². The van der Waals surface area contributed by atoms with E-state index in [-0.39, 0.29) is 5.57 Å². The molecule has 0 aliphatic carbocycles. The molecule has 4 nitrogen and oxygen atoms in total. The predicted octanol–water partition coefficient (Wildman–Crippen LogP) is 3.35. The smallest absolute Gasteiger partial charge is 0.333 e. The molecule has 0 aliphatic heterocycles. The van der Waals surface area contributed by atoms with Crippen LogP contribution in [0.3, 0.4) is 0 Å². The average Bonchev–Trinajstić information content (AvgIpc) is 2.44. The zero-order valence-electron chi connectivity index (χ0n) is 12.6. The van der Waals surface area contributed by atoms with E-state index in [0.29, 0.717) is 5.57 Å². The van der Waals surface area contributed by atoms with Crippen LogP contribution in [0.25, 0.3) is 0 Å². The Morgan fingerprint density at radius 3 is 1.90 bits per heavy atom. The van der Waals surface area contributed by atoms with Gasteiger partial charge < -0.3 is 9.47 Å². The molecule has 1 rings (SSSR count). The van der Waals surface area contributed by atoms with Crippen LogP contribution in [-0.4, -0.2) is 18.0 Å². The van der Waals surface area contributed by atoms with E-state index in [0.717, 1.165) is 5.56 Å². The molecule has 2 atom stereocenters. The van der Waals surface area contributed by atoms with Gasteiger partial charge in [-0.1, -0.05) is 43.5 Å². The lowest BCUT2D eigenvalue weighted by Gasteiger charge is -2.24. The van der Waals surface area contributed by atoms with Crippen molar-refractivity contribution in [2.75, 3.05) is 0 Å².